The van der Waals surface area contributed by atoms with Crippen LogP contribution in [0.2, 0.25) is 0 Å². The first-order chi connectivity index (χ1) is 8.55. The summed E-state index contributed by atoms with van der Waals surface area (Å²) in [6.45, 7) is 9.32. The van der Waals surface area contributed by atoms with E-state index >= 15 is 0 Å². The molecule has 0 saturated carbocycles. The number of aldehydes is 1. The van der Waals surface area contributed by atoms with Crippen LogP contribution in [0, 0.1) is 10.8 Å². The molecule has 2 rings (SSSR count). The second-order valence-corrected chi connectivity index (χ2v) is 6.93. The van der Waals surface area contributed by atoms with Crippen LogP contribution in [0.1, 0.15) is 46.0 Å². The largest absolute Gasteiger partial charge is 0.380 e. The van der Waals surface area contributed by atoms with Gasteiger partial charge in [0.1, 0.15) is 6.29 Å². The van der Waals surface area contributed by atoms with Gasteiger partial charge in [0.25, 0.3) is 0 Å². The molecule has 0 spiro atoms. The Morgan fingerprint density at radius 3 is 2.67 bits per heavy atom. The Labute approximate surface area is 111 Å². The number of carbonyl (C=O) groups excluding carboxylic acids is 1. The predicted octanol–water partition coefficient (Wildman–Crippen LogP) is 2.49. The molecule has 1 atom stereocenters. The Bertz CT molecular complexity index is 282. The summed E-state index contributed by atoms with van der Waals surface area (Å²) in [5, 5.41) is 0. The molecular formula is C15H27NO2. The van der Waals surface area contributed by atoms with E-state index in [9.17, 15) is 4.79 Å². The van der Waals surface area contributed by atoms with E-state index in [1.807, 2.05) is 0 Å². The molecule has 0 N–H and O–H groups in total. The third-order valence-corrected chi connectivity index (χ3v) is 4.57. The molecular weight excluding hydrogens is 226 g/mol. The van der Waals surface area contributed by atoms with E-state index in [0.29, 0.717) is 12.0 Å². The van der Waals surface area contributed by atoms with Gasteiger partial charge in [0.05, 0.1) is 12.0 Å². The molecule has 2 aliphatic rings. The number of hydrogen-bond acceptors (Lipinski definition) is 3. The van der Waals surface area contributed by atoms with Crippen molar-refractivity contribution >= 4 is 6.29 Å². The minimum absolute atomic E-state index is 0.229. The molecule has 0 bridgehead atoms. The summed E-state index contributed by atoms with van der Waals surface area (Å²) >= 11 is 0. The fourth-order valence-corrected chi connectivity index (χ4v) is 3.21. The molecule has 18 heavy (non-hydrogen) atoms. The summed E-state index contributed by atoms with van der Waals surface area (Å²) in [4.78, 5) is 13.9. The van der Waals surface area contributed by atoms with Crippen molar-refractivity contribution in [1.82, 2.24) is 4.90 Å². The van der Waals surface area contributed by atoms with E-state index in [1.165, 1.54) is 19.3 Å². The van der Waals surface area contributed by atoms with Crippen LogP contribution in [0.15, 0.2) is 0 Å². The lowest BCUT2D eigenvalue weighted by molar-refractivity contribution is -0.125. The lowest BCUT2D eigenvalue weighted by Crippen LogP contribution is -2.44. The van der Waals surface area contributed by atoms with Crippen LogP contribution in [0.25, 0.3) is 0 Å². The second kappa shape index (κ2) is 5.70. The molecule has 0 aromatic carbocycles. The fraction of sp³-hybridized carbons (Fsp3) is 0.933. The highest BCUT2D eigenvalue weighted by Gasteiger charge is 2.35. The van der Waals surface area contributed by atoms with Gasteiger partial charge in [-0.15, -0.1) is 0 Å². The lowest BCUT2D eigenvalue weighted by Gasteiger charge is -2.36. The van der Waals surface area contributed by atoms with Crippen molar-refractivity contribution in [3.05, 3.63) is 0 Å². The molecule has 0 amide bonds. The summed E-state index contributed by atoms with van der Waals surface area (Å²) in [7, 11) is 0. The second-order valence-electron chi connectivity index (χ2n) is 6.93. The van der Waals surface area contributed by atoms with E-state index in [-0.39, 0.29) is 5.41 Å². The highest BCUT2D eigenvalue weighted by Crippen LogP contribution is 2.32. The average Bonchev–Trinajstić information content (AvgIpc) is 2.52. The first-order valence-corrected chi connectivity index (χ1v) is 7.32. The monoisotopic (exact) mass is 253 g/mol. The maximum Gasteiger partial charge on any atom is 0.129 e. The zero-order chi connectivity index (χ0) is 13.1. The molecule has 104 valence electrons. The zero-order valence-corrected chi connectivity index (χ0v) is 11.9. The summed E-state index contributed by atoms with van der Waals surface area (Å²) in [5.41, 5.74) is 0.235. The van der Waals surface area contributed by atoms with Crippen molar-refractivity contribution in [1.29, 1.82) is 0 Å². The van der Waals surface area contributed by atoms with E-state index in [4.69, 9.17) is 4.74 Å². The molecule has 2 aliphatic heterocycles. The lowest BCUT2D eigenvalue weighted by atomic mass is 9.83. The van der Waals surface area contributed by atoms with Crippen LogP contribution in [-0.2, 0) is 9.53 Å². The zero-order valence-electron chi connectivity index (χ0n) is 11.9. The van der Waals surface area contributed by atoms with Crippen LogP contribution in [-0.4, -0.2) is 44.0 Å². The Morgan fingerprint density at radius 1 is 1.17 bits per heavy atom. The maximum atomic E-state index is 11.5. The van der Waals surface area contributed by atoms with Crippen molar-refractivity contribution in [3.8, 4) is 0 Å². The number of carbonyl (C=O) groups is 1. The molecule has 1 unspecified atom stereocenters. The van der Waals surface area contributed by atoms with Crippen molar-refractivity contribution in [2.24, 2.45) is 10.8 Å². The predicted molar refractivity (Wildman–Crippen MR) is 72.6 cm³/mol. The Hall–Kier alpha value is -0.410. The first-order valence-electron chi connectivity index (χ1n) is 7.32. The standard InChI is InChI=1S/C15H27NO2/c1-14(2)5-3-8-16(9-7-14)11-15(12-17)6-4-10-18-13-15/h12H,3-11,13H2,1-2H3. The molecule has 0 aromatic rings. The molecule has 3 nitrogen and oxygen atoms in total. The van der Waals surface area contributed by atoms with Crippen LogP contribution < -0.4 is 0 Å². The highest BCUT2D eigenvalue weighted by molar-refractivity contribution is 5.60. The van der Waals surface area contributed by atoms with Gasteiger partial charge in [0.15, 0.2) is 0 Å². The summed E-state index contributed by atoms with van der Waals surface area (Å²) in [6, 6.07) is 0. The van der Waals surface area contributed by atoms with Crippen molar-refractivity contribution < 1.29 is 9.53 Å². The molecule has 2 fully saturated rings. The minimum Gasteiger partial charge on any atom is -0.380 e. The van der Waals surface area contributed by atoms with Crippen LogP contribution in [0.5, 0.6) is 0 Å². The van der Waals surface area contributed by atoms with E-state index < -0.39 is 0 Å². The van der Waals surface area contributed by atoms with Crippen LogP contribution >= 0.6 is 0 Å². The number of rotatable bonds is 3. The van der Waals surface area contributed by atoms with Crippen LogP contribution in [0.3, 0.4) is 0 Å². The van der Waals surface area contributed by atoms with Gasteiger partial charge in [0.2, 0.25) is 0 Å². The topological polar surface area (TPSA) is 29.5 Å². The Balaban J connectivity index is 1.93. The molecule has 0 radical (unpaired) electrons. The van der Waals surface area contributed by atoms with Gasteiger partial charge in [-0.05, 0) is 50.6 Å². The van der Waals surface area contributed by atoms with Gasteiger partial charge in [-0.3, -0.25) is 0 Å². The third-order valence-electron chi connectivity index (χ3n) is 4.57. The van der Waals surface area contributed by atoms with E-state index in [1.54, 1.807) is 0 Å². The van der Waals surface area contributed by atoms with Crippen molar-refractivity contribution in [2.45, 2.75) is 46.0 Å². The maximum absolute atomic E-state index is 11.5. The smallest absolute Gasteiger partial charge is 0.129 e. The quantitative estimate of drug-likeness (QED) is 0.724. The minimum atomic E-state index is -0.229. The Morgan fingerprint density at radius 2 is 2.00 bits per heavy atom. The van der Waals surface area contributed by atoms with E-state index in [0.717, 1.165) is 45.4 Å². The average molecular weight is 253 g/mol. The number of hydrogen-bond donors (Lipinski definition) is 0. The Kier molecular flexibility index (Phi) is 4.44. The van der Waals surface area contributed by atoms with Gasteiger partial charge >= 0.3 is 0 Å². The first kappa shape index (κ1) is 14.0. The molecule has 2 saturated heterocycles. The summed E-state index contributed by atoms with van der Waals surface area (Å²) < 4.78 is 5.53. The van der Waals surface area contributed by atoms with Gasteiger partial charge in [-0.25, -0.2) is 0 Å². The SMILES string of the molecule is CC1(C)CCCN(CC2(C=O)CCCOC2)CC1. The van der Waals surface area contributed by atoms with Gasteiger partial charge in [-0.1, -0.05) is 13.8 Å². The van der Waals surface area contributed by atoms with Gasteiger partial charge in [-0.2, -0.15) is 0 Å². The molecule has 3 heteroatoms. The third kappa shape index (κ3) is 3.55. The van der Waals surface area contributed by atoms with Crippen molar-refractivity contribution in [2.75, 3.05) is 32.8 Å². The van der Waals surface area contributed by atoms with Crippen molar-refractivity contribution in [3.63, 3.8) is 0 Å². The number of likely N-dealkylation sites (tertiary alicyclic amines) is 1. The van der Waals surface area contributed by atoms with Gasteiger partial charge in [0, 0.05) is 13.2 Å². The number of ether oxygens (including phenoxy) is 1. The normalized spacial score (nSPS) is 33.9. The highest BCUT2D eigenvalue weighted by atomic mass is 16.5. The molecule has 0 aromatic heterocycles. The molecule has 0 aliphatic carbocycles. The van der Waals surface area contributed by atoms with E-state index in [2.05, 4.69) is 18.7 Å². The summed E-state index contributed by atoms with van der Waals surface area (Å²) in [5.74, 6) is 0. The van der Waals surface area contributed by atoms with Gasteiger partial charge < -0.3 is 14.4 Å². The fourth-order valence-electron chi connectivity index (χ4n) is 3.21. The van der Waals surface area contributed by atoms with Crippen LogP contribution in [0.4, 0.5) is 0 Å². The number of nitrogens with zero attached hydrogens (tertiary/aromatic N) is 1. The summed E-state index contributed by atoms with van der Waals surface area (Å²) in [6.07, 6.45) is 6.97. The molecule has 2 heterocycles.